The first-order valence-electron chi connectivity index (χ1n) is 47.7. The first-order chi connectivity index (χ1) is 71.7. The Morgan fingerprint density at radius 1 is 0.367 bits per heavy atom. The van der Waals surface area contributed by atoms with Crippen LogP contribution >= 0.6 is 31.9 Å². The lowest BCUT2D eigenvalue weighted by atomic mass is 9.96. The second-order valence-electron chi connectivity index (χ2n) is 33.0. The number of aliphatic carboxylic acids is 2. The van der Waals surface area contributed by atoms with E-state index in [0.29, 0.717) is 122 Å². The molecule has 4 atom stereocenters. The molecule has 150 heavy (non-hydrogen) atoms. The van der Waals surface area contributed by atoms with Crippen molar-refractivity contribution in [1.82, 2.24) is 59.8 Å². The molecule has 13 heterocycles. The van der Waals surface area contributed by atoms with Crippen LogP contribution in [0.5, 0.6) is 0 Å². The highest BCUT2D eigenvalue weighted by Crippen LogP contribution is 2.28. The number of rotatable bonds is 49. The van der Waals surface area contributed by atoms with Crippen LogP contribution in [0.4, 0.5) is 23.8 Å². The largest absolute Gasteiger partial charge is 0.481 e. The number of nitrogen functional groups attached to an aromatic ring is 4. The minimum atomic E-state index is -1.21. The Labute approximate surface area is 870 Å². The maximum absolute atomic E-state index is 12.7. The molecule has 0 aliphatic heterocycles. The second kappa shape index (κ2) is 60.4. The number of halogens is 2. The molecule has 0 aromatic carbocycles. The number of carboxylic acids is 3. The quantitative estimate of drug-likeness (QED) is 0.00553. The van der Waals surface area contributed by atoms with Crippen LogP contribution in [0.3, 0.4) is 0 Å². The molecule has 13 rings (SSSR count). The Bertz CT molecular complexity index is 7210. The van der Waals surface area contributed by atoms with E-state index < -0.39 is 83.2 Å². The highest BCUT2D eigenvalue weighted by Gasteiger charge is 2.31. The van der Waals surface area contributed by atoms with Crippen molar-refractivity contribution in [1.29, 1.82) is 0 Å². The number of anilines is 4. The summed E-state index contributed by atoms with van der Waals surface area (Å²) < 4.78 is 57.2. The van der Waals surface area contributed by atoms with Crippen molar-refractivity contribution < 1.29 is 128 Å². The van der Waals surface area contributed by atoms with Gasteiger partial charge in [0.05, 0.1) is 84.9 Å². The molecule has 0 amide bonds. The minimum Gasteiger partial charge on any atom is -0.481 e. The van der Waals surface area contributed by atoms with Gasteiger partial charge in [0, 0.05) is 99.8 Å². The van der Waals surface area contributed by atoms with Crippen molar-refractivity contribution in [2.24, 2.45) is 23.7 Å². The zero-order chi connectivity index (χ0) is 110. The van der Waals surface area contributed by atoms with Gasteiger partial charge in [-0.3, -0.25) is 96.6 Å². The number of esters is 6. The number of aryl methyl sites for hydroxylation is 6. The molecule has 0 bridgehead atoms. The number of furan rings is 5. The van der Waals surface area contributed by atoms with E-state index in [1.165, 1.54) is 30.3 Å². The Hall–Kier alpha value is -16.7. The summed E-state index contributed by atoms with van der Waals surface area (Å²) >= 11 is 6.09. The van der Waals surface area contributed by atoms with Crippen molar-refractivity contribution in [3.63, 3.8) is 0 Å². The number of hydrogen-bond acceptors (Lipinski definition) is 36. The molecule has 0 saturated carbocycles. The molecule has 19 N–H and O–H groups in total. The molecule has 0 unspecified atom stereocenters. The van der Waals surface area contributed by atoms with E-state index in [-0.39, 0.29) is 209 Å². The second-order valence-corrected chi connectivity index (χ2v) is 34.6. The summed E-state index contributed by atoms with van der Waals surface area (Å²) in [5.41, 5.74) is 26.2. The highest BCUT2D eigenvalue weighted by atomic mass is 79.9. The van der Waals surface area contributed by atoms with Crippen LogP contribution in [0.1, 0.15) is 250 Å². The number of nitrogens with two attached hydrogens (primary N) is 4. The maximum atomic E-state index is 12.7. The van der Waals surface area contributed by atoms with E-state index >= 15 is 0 Å². The van der Waals surface area contributed by atoms with Crippen LogP contribution in [0.2, 0.25) is 0 Å². The van der Waals surface area contributed by atoms with Crippen LogP contribution < -0.4 is 45.2 Å². The molecule has 0 aliphatic carbocycles. The topological polar surface area (TPSA) is 754 Å². The van der Waals surface area contributed by atoms with E-state index in [1.807, 2.05) is 0 Å². The monoisotopic (exact) mass is 2210 g/mol. The van der Waals surface area contributed by atoms with Crippen molar-refractivity contribution in [3.8, 4) is 24.2 Å². The standard InChI is InChI=1S/C25H32N4O7.C25H28N4O7.C21H24N4O7.C15H19BrO6.C10H10N4O.C5H3BrO3/c2*1-3-34-21(31)12-9-15(24(33)35-4-2)13-19(30)20-11-10-17(36-20)8-6-5-7-16-14-18-22(27-16)28-25(26)29-23(18)32;22-21-24-18-14(19(29)25-21)10-12(23-18)3-1-2-4-13-6-7-16(32-13)15(26)9-11(20(30)31)5-8-17(27)28;1-3-20-14(18)8-5-10(15(19)21-4-2)9-11(17)12-6-7-13(16)22-12;1-2-3-4-6-5-7-8(12-6)13-10(11)14-9(7)15;6-4-2-1-3(9-4)5(7)8/h10-11,14-15H,3-9,12-13H2,1-2H3,(H4,26,27,28,29,32);10-11,14-15H,3-5,7,9,12-13H2,1-2H3,(H4,26,27,28,29,32);6-7,10-11H,1-5,8-9H2,(H,27,28)(H,30,31)(H4,22,23,24,25,29);6-7,10H,3-5,8-9H2,1-2H3;1,5H,3-4H2,(H4,11,12,13,14,15);1-2H,(H,7,8)/t2*15-;11-;10-;;/m1111../s1. The Morgan fingerprint density at radius 2 is 0.667 bits per heavy atom. The number of H-pyrrole nitrogens is 8. The number of terminal acetylenes is 1. The molecule has 0 aliphatic rings. The number of nitrogens with one attached hydrogen (secondary N) is 8. The summed E-state index contributed by atoms with van der Waals surface area (Å²) in [6, 6.07) is 22.6. The molecular formula is C101H116Br2N16O31. The number of aromatic nitrogens is 12. The third-order valence-electron chi connectivity index (χ3n) is 21.8. The van der Waals surface area contributed by atoms with Crippen LogP contribution in [0.15, 0.2) is 136 Å². The molecular weight excluding hydrogens is 2090 g/mol. The molecule has 0 radical (unpaired) electrons. The number of Topliss-reactive ketones (excluding diaryl/α,β-unsaturated/α-hetero) is 4. The average molecular weight is 2210 g/mol. The molecule has 13 aromatic heterocycles. The lowest BCUT2D eigenvalue weighted by Crippen LogP contribution is -2.22. The summed E-state index contributed by atoms with van der Waals surface area (Å²) in [7, 11) is 0. The number of hydrogen-bond donors (Lipinski definition) is 15. The van der Waals surface area contributed by atoms with E-state index in [4.69, 9.17) is 85.7 Å². The maximum Gasteiger partial charge on any atom is 0.371 e. The van der Waals surface area contributed by atoms with Gasteiger partial charge in [-0.25, -0.2) is 4.79 Å². The fraction of sp³-hybridized carbons (Fsp3) is 0.396. The van der Waals surface area contributed by atoms with Gasteiger partial charge in [0.25, 0.3) is 22.2 Å². The fourth-order valence-electron chi connectivity index (χ4n) is 14.6. The number of aromatic amines is 8. The van der Waals surface area contributed by atoms with E-state index in [2.05, 4.69) is 114 Å². The van der Waals surface area contributed by atoms with Crippen LogP contribution in [0.25, 0.3) is 44.1 Å². The van der Waals surface area contributed by atoms with Gasteiger partial charge >= 0.3 is 53.7 Å². The summed E-state index contributed by atoms with van der Waals surface area (Å²) in [5.74, 6) is -0.332. The predicted octanol–water partition coefficient (Wildman–Crippen LogP) is 13.0. The first kappa shape index (κ1) is 119. The average Bonchev–Trinajstić information content (AvgIpc) is 1.68. The van der Waals surface area contributed by atoms with Gasteiger partial charge in [0.1, 0.15) is 34.1 Å². The van der Waals surface area contributed by atoms with Gasteiger partial charge in [-0.05, 0) is 241 Å². The SMILES string of the molecule is C#CCCc1cc2c(=O)[nH]c(N)nc2[nH]1.CCOC(=O)CC[C@H](CC(=O)c1ccc(Br)o1)C(=O)OCC.CCOC(=O)CC[C@H](CC(=O)c1ccc(C#CCCc2cc3c(=O)[nH]c(N)nc3[nH]2)o1)C(=O)OCC.CCOC(=O)CC[C@H](CC(=O)c1ccc(CCCCc2cc3c(=O)[nH]c(N)nc3[nH]2)o1)C(=O)OCC.Nc1nc2[nH]c(CCCCc3ccc(C(=O)C[C@@H](CCC(=O)O)C(=O)O)o3)cc2c(=O)[nH]1.O=C(O)c1ccc(Br)o1. The lowest BCUT2D eigenvalue weighted by molar-refractivity contribution is -0.150. The number of aromatic carboxylic acids is 1. The number of ketones is 4. The number of carboxylic acid groups (broad SMARTS) is 3. The van der Waals surface area contributed by atoms with Gasteiger partial charge in [0.2, 0.25) is 29.6 Å². The van der Waals surface area contributed by atoms with Crippen molar-refractivity contribution in [2.75, 3.05) is 62.6 Å². The number of fused-ring (bicyclic) bond motifs is 4. The molecule has 0 saturated heterocycles. The van der Waals surface area contributed by atoms with Crippen molar-refractivity contribution >= 4 is 177 Å². The van der Waals surface area contributed by atoms with Crippen LogP contribution in [-0.4, -0.2) is 192 Å². The van der Waals surface area contributed by atoms with Crippen LogP contribution in [0, 0.1) is 47.9 Å². The third-order valence-corrected chi connectivity index (χ3v) is 22.7. The third kappa shape index (κ3) is 38.9. The molecule has 49 heteroatoms. The normalized spacial score (nSPS) is 11.5. The lowest BCUT2D eigenvalue weighted by Gasteiger charge is -2.14. The van der Waals surface area contributed by atoms with Crippen LogP contribution in [-0.2, 0) is 105 Å². The van der Waals surface area contributed by atoms with Gasteiger partial charge < -0.3 is 109 Å². The predicted molar refractivity (Wildman–Crippen MR) is 548 cm³/mol. The molecule has 0 spiro atoms. The zero-order valence-electron chi connectivity index (χ0n) is 82.8. The first-order valence-corrected chi connectivity index (χ1v) is 49.3. The van der Waals surface area contributed by atoms with E-state index in [9.17, 15) is 86.6 Å². The number of unbranched alkanes of at least 4 members (excludes halogenated alkanes) is 2. The summed E-state index contributed by atoms with van der Waals surface area (Å²) in [4.78, 5) is 238. The van der Waals surface area contributed by atoms with Gasteiger partial charge in [-0.1, -0.05) is 5.92 Å². The van der Waals surface area contributed by atoms with E-state index in [0.717, 1.165) is 48.5 Å². The molecule has 800 valence electrons. The van der Waals surface area contributed by atoms with Gasteiger partial charge in [-0.15, -0.1) is 12.3 Å². The highest BCUT2D eigenvalue weighted by molar-refractivity contribution is 9.10. The zero-order valence-corrected chi connectivity index (χ0v) is 86.0. The van der Waals surface area contributed by atoms with E-state index in [1.54, 1.807) is 96.1 Å². The summed E-state index contributed by atoms with van der Waals surface area (Å²) in [5, 5.41) is 28.0. The molecule has 0 fully saturated rings. The number of carbonyl (C=O) groups excluding carboxylic acids is 10. The molecule has 47 nitrogen and oxygen atoms in total. The summed E-state index contributed by atoms with van der Waals surface area (Å²) in [6.45, 7) is 11.5. The Morgan fingerprint density at radius 3 is 0.980 bits per heavy atom. The smallest absolute Gasteiger partial charge is 0.371 e. The summed E-state index contributed by atoms with van der Waals surface area (Å²) in [6.07, 6.45) is 12.8. The Kier molecular flexibility index (Phi) is 47.7. The number of ether oxygens (including phenoxy) is 6. The minimum absolute atomic E-state index is 0.00763. The number of carbonyl (C=O) groups is 13. The van der Waals surface area contributed by atoms with Crippen molar-refractivity contribution in [3.05, 3.63) is 205 Å². The van der Waals surface area contributed by atoms with Crippen molar-refractivity contribution in [2.45, 2.75) is 196 Å². The number of nitrogens with zero attached hydrogens (tertiary/aromatic N) is 4. The molecule has 13 aromatic rings. The fourth-order valence-corrected chi connectivity index (χ4v) is 15.2. The van der Waals surface area contributed by atoms with Gasteiger partial charge in [0.15, 0.2) is 61.3 Å². The van der Waals surface area contributed by atoms with Gasteiger partial charge in [-0.2, -0.15) is 19.9 Å². The Balaban J connectivity index is 0.000000228.